The van der Waals surface area contributed by atoms with Gasteiger partial charge in [0, 0.05) is 17.4 Å². The van der Waals surface area contributed by atoms with Crippen LogP contribution in [-0.2, 0) is 45.4 Å². The molecule has 0 bridgehead atoms. The van der Waals surface area contributed by atoms with Gasteiger partial charge in [-0.15, -0.1) is 0 Å². The molecule has 4 aromatic carbocycles. The van der Waals surface area contributed by atoms with E-state index < -0.39 is 47.5 Å². The maximum absolute atomic E-state index is 14.1. The van der Waals surface area contributed by atoms with E-state index in [2.05, 4.69) is 0 Å². The van der Waals surface area contributed by atoms with E-state index in [1.807, 2.05) is 0 Å². The number of carbonyl (C=O) groups excluding carboxylic acids is 1. The number of esters is 1. The molecule has 0 spiro atoms. The molecule has 2 atom stereocenters. The highest BCUT2D eigenvalue weighted by molar-refractivity contribution is 7.80. The zero-order chi connectivity index (χ0) is 33.8. The summed E-state index contributed by atoms with van der Waals surface area (Å²) in [5.41, 5.74) is 2.44. The molecule has 0 radical (unpaired) electrons. The van der Waals surface area contributed by atoms with Gasteiger partial charge in [-0.1, -0.05) is 84.9 Å². The quantitative estimate of drug-likeness (QED) is 0.0751. The van der Waals surface area contributed by atoms with Gasteiger partial charge in [0.05, 0.1) is 29.8 Å². The summed E-state index contributed by atoms with van der Waals surface area (Å²) < 4.78 is 45.1. The molecule has 0 heterocycles. The zero-order valence-corrected chi connectivity index (χ0v) is 27.1. The summed E-state index contributed by atoms with van der Waals surface area (Å²) in [7, 11) is 1.31. The number of rotatable bonds is 15. The van der Waals surface area contributed by atoms with Crippen LogP contribution >= 0.6 is 0 Å². The van der Waals surface area contributed by atoms with Gasteiger partial charge in [0.25, 0.3) is 0 Å². The lowest BCUT2D eigenvalue weighted by Gasteiger charge is -2.18. The van der Waals surface area contributed by atoms with Gasteiger partial charge in [-0.25, -0.2) is 18.0 Å². The Kier molecular flexibility index (Phi) is 12.9. The van der Waals surface area contributed by atoms with E-state index in [4.69, 9.17) is 17.8 Å². The van der Waals surface area contributed by atoms with Crippen LogP contribution < -0.4 is 4.18 Å². The minimum Gasteiger partial charge on any atom is -0.478 e. The fourth-order valence-corrected chi connectivity index (χ4v) is 5.65. The highest BCUT2D eigenvalue weighted by Crippen LogP contribution is 2.32. The molecule has 244 valence electrons. The minimum atomic E-state index is -1.71. The van der Waals surface area contributed by atoms with Gasteiger partial charge < -0.3 is 23.9 Å². The third-order valence-corrected chi connectivity index (χ3v) is 8.18. The molecule has 0 amide bonds. The number of hydrogen-bond acceptors (Lipinski definition) is 9. The lowest BCUT2D eigenvalue weighted by atomic mass is 9.94. The molecule has 0 saturated carbocycles. The second-order valence-electron chi connectivity index (χ2n) is 9.73. The number of hydrogen-bond donors (Lipinski definition) is 2. The lowest BCUT2D eigenvalue weighted by molar-refractivity contribution is -0.135. The first kappa shape index (κ1) is 35.1. The van der Waals surface area contributed by atoms with Crippen LogP contribution in [0.5, 0.6) is 5.75 Å². The summed E-state index contributed by atoms with van der Waals surface area (Å²) in [5.74, 6) is -1.67. The van der Waals surface area contributed by atoms with E-state index >= 15 is 0 Å². The lowest BCUT2D eigenvalue weighted by Crippen LogP contribution is -2.15. The SMILES string of the molecule is COS(=O)c1ccc(/C(COC(=O)/C(=C(\COCO)c2ccc(OS(C)=O)cc2)c2ccccc2)=C(/C(=O)O)c2ccccc2)cc1. The summed E-state index contributed by atoms with van der Waals surface area (Å²) >= 11 is -3.26. The van der Waals surface area contributed by atoms with Gasteiger partial charge >= 0.3 is 11.9 Å². The number of ether oxygens (including phenoxy) is 2. The van der Waals surface area contributed by atoms with Crippen LogP contribution in [0.25, 0.3) is 22.3 Å². The van der Waals surface area contributed by atoms with E-state index in [-0.39, 0.29) is 23.3 Å². The van der Waals surface area contributed by atoms with Gasteiger partial charge in [0.15, 0.2) is 11.1 Å². The van der Waals surface area contributed by atoms with Crippen LogP contribution in [0.15, 0.2) is 114 Å². The van der Waals surface area contributed by atoms with Crippen molar-refractivity contribution in [1.82, 2.24) is 0 Å². The van der Waals surface area contributed by atoms with Gasteiger partial charge in [-0.05, 0) is 46.5 Å². The second-order valence-corrected chi connectivity index (χ2v) is 12.0. The van der Waals surface area contributed by atoms with Crippen molar-refractivity contribution in [2.75, 3.05) is 33.4 Å². The van der Waals surface area contributed by atoms with Gasteiger partial charge in [-0.3, -0.25) is 4.18 Å². The van der Waals surface area contributed by atoms with Crippen LogP contribution in [0.1, 0.15) is 22.3 Å². The van der Waals surface area contributed by atoms with Crippen LogP contribution in [0, 0.1) is 0 Å². The van der Waals surface area contributed by atoms with Crippen molar-refractivity contribution in [3.05, 3.63) is 131 Å². The fraction of sp³-hybridized carbons (Fsp3) is 0.143. The number of aliphatic hydroxyl groups excluding tert-OH is 1. The molecule has 0 aliphatic heterocycles. The predicted molar refractivity (Wildman–Crippen MR) is 179 cm³/mol. The van der Waals surface area contributed by atoms with Crippen molar-refractivity contribution in [2.45, 2.75) is 4.90 Å². The molecule has 2 unspecified atom stereocenters. The summed E-state index contributed by atoms with van der Waals surface area (Å²) in [5, 5.41) is 19.8. The van der Waals surface area contributed by atoms with Gasteiger partial charge in [0.1, 0.15) is 19.1 Å². The van der Waals surface area contributed by atoms with Crippen LogP contribution in [0.3, 0.4) is 0 Å². The molecule has 2 N–H and O–H groups in total. The molecule has 12 heteroatoms. The Morgan fingerprint density at radius 3 is 1.68 bits per heavy atom. The minimum absolute atomic E-state index is 0.0861. The predicted octanol–water partition coefficient (Wildman–Crippen LogP) is 5.14. The molecule has 0 aliphatic carbocycles. The third kappa shape index (κ3) is 9.41. The van der Waals surface area contributed by atoms with E-state index in [9.17, 15) is 28.2 Å². The standard InChI is InChI=1S/C35H32O10S2/c1-42-47(41)29-19-15-25(16-20-29)31(32(34(37)38)26-9-5-3-6-10-26)22-44-35(39)33(27-11-7-4-8-12-27)30(21-43-23-36)24-13-17-28(18-14-24)45-46(2)40/h3-20,36H,21-23H2,1-2H3,(H,37,38)/b32-31+,33-30+. The number of carboxylic acid groups (broad SMARTS) is 1. The summed E-state index contributed by atoms with van der Waals surface area (Å²) in [6, 6.07) is 29.9. The first-order chi connectivity index (χ1) is 22.7. The number of benzene rings is 4. The number of carbonyl (C=O) groups is 2. The van der Waals surface area contributed by atoms with Crippen LogP contribution in [0.2, 0.25) is 0 Å². The normalized spacial score (nSPS) is 13.5. The van der Waals surface area contributed by atoms with Crippen molar-refractivity contribution in [2.24, 2.45) is 0 Å². The fourth-order valence-electron chi connectivity index (χ4n) is 4.72. The molecule has 0 aromatic heterocycles. The monoisotopic (exact) mass is 676 g/mol. The largest absolute Gasteiger partial charge is 0.478 e. The molecule has 4 rings (SSSR count). The van der Waals surface area contributed by atoms with Crippen molar-refractivity contribution >= 4 is 56.4 Å². The summed E-state index contributed by atoms with van der Waals surface area (Å²) in [6.07, 6.45) is 1.39. The molecular weight excluding hydrogens is 645 g/mol. The first-order valence-corrected chi connectivity index (χ1v) is 16.6. The number of aliphatic hydroxyl groups is 1. The number of aliphatic carboxylic acids is 1. The van der Waals surface area contributed by atoms with Crippen molar-refractivity contribution < 1.29 is 46.1 Å². The summed E-state index contributed by atoms with van der Waals surface area (Å²) in [4.78, 5) is 27.2. The van der Waals surface area contributed by atoms with E-state index in [0.717, 1.165) is 0 Å². The topological polar surface area (TPSA) is 146 Å². The molecule has 0 aliphatic rings. The molecule has 47 heavy (non-hydrogen) atoms. The Morgan fingerprint density at radius 2 is 1.19 bits per heavy atom. The summed E-state index contributed by atoms with van der Waals surface area (Å²) in [6.45, 7) is -1.24. The Hall–Kier alpha value is -4.72. The second kappa shape index (κ2) is 17.3. The zero-order valence-electron chi connectivity index (χ0n) is 25.5. The Balaban J connectivity index is 1.83. The third-order valence-electron chi connectivity index (χ3n) is 6.79. The van der Waals surface area contributed by atoms with E-state index in [1.54, 1.807) is 109 Å². The average molecular weight is 677 g/mol. The number of carboxylic acids is 1. The molecule has 10 nitrogen and oxygen atoms in total. The van der Waals surface area contributed by atoms with Crippen molar-refractivity contribution in [3.8, 4) is 5.75 Å². The van der Waals surface area contributed by atoms with Crippen LogP contribution in [0.4, 0.5) is 0 Å². The Bertz CT molecular complexity index is 1780. The van der Waals surface area contributed by atoms with Gasteiger partial charge in [-0.2, -0.15) is 0 Å². The Morgan fingerprint density at radius 1 is 0.681 bits per heavy atom. The molecular formula is C35H32O10S2. The highest BCUT2D eigenvalue weighted by atomic mass is 32.2. The maximum atomic E-state index is 14.1. The van der Waals surface area contributed by atoms with E-state index in [1.165, 1.54) is 13.4 Å². The maximum Gasteiger partial charge on any atom is 0.339 e. The van der Waals surface area contributed by atoms with Crippen LogP contribution in [-0.4, -0.2) is 63.9 Å². The average Bonchev–Trinajstić information content (AvgIpc) is 3.08. The first-order valence-electron chi connectivity index (χ1n) is 14.1. The van der Waals surface area contributed by atoms with E-state index in [0.29, 0.717) is 38.5 Å². The smallest absolute Gasteiger partial charge is 0.339 e. The molecule has 0 fully saturated rings. The van der Waals surface area contributed by atoms with Gasteiger partial charge in [0.2, 0.25) is 11.1 Å². The molecule has 0 saturated heterocycles. The van der Waals surface area contributed by atoms with Crippen molar-refractivity contribution in [1.29, 1.82) is 0 Å². The highest BCUT2D eigenvalue weighted by Gasteiger charge is 2.24. The Labute approximate surface area is 277 Å². The molecule has 4 aromatic rings. The van der Waals surface area contributed by atoms with Crippen molar-refractivity contribution in [3.63, 3.8) is 0 Å².